The van der Waals surface area contributed by atoms with Gasteiger partial charge in [0.1, 0.15) is 0 Å². The van der Waals surface area contributed by atoms with Crippen molar-refractivity contribution in [2.45, 2.75) is 26.2 Å². The van der Waals surface area contributed by atoms with Crippen LogP contribution in [0, 0.1) is 5.92 Å². The lowest BCUT2D eigenvalue weighted by Crippen LogP contribution is -2.34. The molecule has 104 valence electrons. The molecule has 1 fully saturated rings. The number of hydrogen-bond acceptors (Lipinski definition) is 3. The minimum Gasteiger partial charge on any atom is -0.384 e. The van der Waals surface area contributed by atoms with Gasteiger partial charge in [-0.05, 0) is 43.0 Å². The fourth-order valence-electron chi connectivity index (χ4n) is 2.66. The zero-order valence-electron chi connectivity index (χ0n) is 11.9. The molecule has 19 heavy (non-hydrogen) atoms. The maximum atomic E-state index is 11.6. The summed E-state index contributed by atoms with van der Waals surface area (Å²) in [4.78, 5) is 14.0. The molecule has 0 unspecified atom stereocenters. The maximum Gasteiger partial charge on any atom is 0.162 e. The summed E-state index contributed by atoms with van der Waals surface area (Å²) in [7, 11) is 1.77. The van der Waals surface area contributed by atoms with E-state index in [9.17, 15) is 4.79 Å². The minimum atomic E-state index is 0.213. The lowest BCUT2D eigenvalue weighted by molar-refractivity contribution is 0.0988. The molecule has 1 aliphatic heterocycles. The molecule has 0 atom stereocenters. The van der Waals surface area contributed by atoms with Gasteiger partial charge in [-0.1, -0.05) is 6.92 Å². The summed E-state index contributed by atoms with van der Waals surface area (Å²) in [6.45, 7) is 4.93. The van der Waals surface area contributed by atoms with Crippen LogP contribution in [0.5, 0.6) is 0 Å². The summed E-state index contributed by atoms with van der Waals surface area (Å²) in [5.41, 5.74) is 2.05. The van der Waals surface area contributed by atoms with Crippen LogP contribution in [0.4, 0.5) is 5.69 Å². The second-order valence-electron chi connectivity index (χ2n) is 5.21. The highest BCUT2D eigenvalue weighted by molar-refractivity contribution is 5.96. The first-order valence-corrected chi connectivity index (χ1v) is 7.11. The Hall–Kier alpha value is -1.35. The highest BCUT2D eigenvalue weighted by atomic mass is 16.5. The third kappa shape index (κ3) is 3.57. The normalized spacial score (nSPS) is 16.6. The first-order chi connectivity index (χ1) is 9.24. The van der Waals surface area contributed by atoms with Crippen LogP contribution in [-0.4, -0.2) is 32.6 Å². The lowest BCUT2D eigenvalue weighted by atomic mass is 9.97. The van der Waals surface area contributed by atoms with Gasteiger partial charge in [0.2, 0.25) is 0 Å². The molecule has 0 radical (unpaired) electrons. The van der Waals surface area contributed by atoms with E-state index in [1.54, 1.807) is 7.11 Å². The van der Waals surface area contributed by atoms with Crippen molar-refractivity contribution in [3.63, 3.8) is 0 Å². The predicted octanol–water partition coefficient (Wildman–Crippen LogP) is 3.14. The topological polar surface area (TPSA) is 29.5 Å². The van der Waals surface area contributed by atoms with Gasteiger partial charge in [-0.2, -0.15) is 0 Å². The summed E-state index contributed by atoms with van der Waals surface area (Å²) in [6, 6.07) is 8.03. The van der Waals surface area contributed by atoms with E-state index in [0.717, 1.165) is 25.3 Å². The molecule has 1 saturated heterocycles. The third-order valence-corrected chi connectivity index (χ3v) is 3.89. The molecule has 0 N–H and O–H groups in total. The van der Waals surface area contributed by atoms with E-state index in [1.807, 2.05) is 19.1 Å². The van der Waals surface area contributed by atoms with Crippen LogP contribution in [0.2, 0.25) is 0 Å². The molecule has 3 heteroatoms. The Kier molecular flexibility index (Phi) is 4.97. The number of hydrogen-bond donors (Lipinski definition) is 0. The number of nitrogens with zero attached hydrogens (tertiary/aromatic N) is 1. The zero-order valence-corrected chi connectivity index (χ0v) is 11.9. The molecular formula is C16H23NO2. The Morgan fingerprint density at radius 3 is 2.42 bits per heavy atom. The van der Waals surface area contributed by atoms with E-state index in [0.29, 0.717) is 12.3 Å². The Morgan fingerprint density at radius 2 is 1.89 bits per heavy atom. The number of carbonyl (C=O) groups excluding carboxylic acids is 1. The Balaban J connectivity index is 1.94. The van der Waals surface area contributed by atoms with Gasteiger partial charge in [-0.3, -0.25) is 4.79 Å². The maximum absolute atomic E-state index is 11.6. The number of methoxy groups -OCH3 is 1. The van der Waals surface area contributed by atoms with Gasteiger partial charge in [0.25, 0.3) is 0 Å². The van der Waals surface area contributed by atoms with Crippen molar-refractivity contribution in [2.75, 3.05) is 31.7 Å². The molecule has 1 heterocycles. The van der Waals surface area contributed by atoms with Crippen molar-refractivity contribution >= 4 is 11.5 Å². The minimum absolute atomic E-state index is 0.213. The molecule has 0 spiro atoms. The highest BCUT2D eigenvalue weighted by Crippen LogP contribution is 2.23. The Morgan fingerprint density at radius 1 is 1.26 bits per heavy atom. The van der Waals surface area contributed by atoms with Crippen LogP contribution < -0.4 is 4.90 Å². The van der Waals surface area contributed by atoms with Crippen molar-refractivity contribution in [2.24, 2.45) is 5.92 Å². The third-order valence-electron chi connectivity index (χ3n) is 3.89. The molecule has 1 aromatic rings. The second-order valence-corrected chi connectivity index (χ2v) is 5.21. The van der Waals surface area contributed by atoms with Gasteiger partial charge in [-0.25, -0.2) is 0 Å². The van der Waals surface area contributed by atoms with Crippen molar-refractivity contribution < 1.29 is 9.53 Å². The molecule has 2 rings (SSSR count). The van der Waals surface area contributed by atoms with Gasteiger partial charge in [-0.15, -0.1) is 0 Å². The largest absolute Gasteiger partial charge is 0.384 e. The molecule has 0 amide bonds. The van der Waals surface area contributed by atoms with Gasteiger partial charge in [0.15, 0.2) is 5.78 Å². The highest BCUT2D eigenvalue weighted by Gasteiger charge is 2.19. The Bertz CT molecular complexity index is 405. The van der Waals surface area contributed by atoms with E-state index in [2.05, 4.69) is 17.0 Å². The standard InChI is InChI=1S/C16H23NO2/c1-3-16(18)14-4-6-15(7-5-14)17-10-8-13(9-11-17)12-19-2/h4-7,13H,3,8-12H2,1-2H3. The van der Waals surface area contributed by atoms with Crippen LogP contribution in [0.25, 0.3) is 0 Å². The summed E-state index contributed by atoms with van der Waals surface area (Å²) in [5.74, 6) is 0.910. The number of anilines is 1. The van der Waals surface area contributed by atoms with Crippen LogP contribution in [0.3, 0.4) is 0 Å². The average Bonchev–Trinajstić information content (AvgIpc) is 2.48. The molecule has 0 saturated carbocycles. The fourth-order valence-corrected chi connectivity index (χ4v) is 2.66. The lowest BCUT2D eigenvalue weighted by Gasteiger charge is -2.33. The first kappa shape index (κ1) is 14.1. The van der Waals surface area contributed by atoms with Crippen LogP contribution in [0.15, 0.2) is 24.3 Å². The van der Waals surface area contributed by atoms with Crippen molar-refractivity contribution in [1.29, 1.82) is 0 Å². The molecule has 0 aromatic heterocycles. The summed E-state index contributed by atoms with van der Waals surface area (Å²) < 4.78 is 5.22. The van der Waals surface area contributed by atoms with E-state index < -0.39 is 0 Å². The van der Waals surface area contributed by atoms with E-state index in [4.69, 9.17) is 4.74 Å². The monoisotopic (exact) mass is 261 g/mol. The zero-order chi connectivity index (χ0) is 13.7. The number of Topliss-reactive ketones (excluding diaryl/α,β-unsaturated/α-hetero) is 1. The van der Waals surface area contributed by atoms with Gasteiger partial charge >= 0.3 is 0 Å². The Labute approximate surface area is 115 Å². The van der Waals surface area contributed by atoms with Gasteiger partial charge < -0.3 is 9.64 Å². The fraction of sp³-hybridized carbons (Fsp3) is 0.562. The molecule has 1 aliphatic rings. The quantitative estimate of drug-likeness (QED) is 0.763. The molecule has 1 aromatic carbocycles. The van der Waals surface area contributed by atoms with Crippen molar-refractivity contribution in [1.82, 2.24) is 0 Å². The van der Waals surface area contributed by atoms with Crippen LogP contribution in [0.1, 0.15) is 36.5 Å². The van der Waals surface area contributed by atoms with Crippen LogP contribution in [-0.2, 0) is 4.74 Å². The molecule has 0 aliphatic carbocycles. The summed E-state index contributed by atoms with van der Waals surface area (Å²) in [5, 5.41) is 0. The van der Waals surface area contributed by atoms with Crippen molar-refractivity contribution in [3.05, 3.63) is 29.8 Å². The van der Waals surface area contributed by atoms with Gasteiger partial charge in [0.05, 0.1) is 0 Å². The smallest absolute Gasteiger partial charge is 0.162 e. The summed E-state index contributed by atoms with van der Waals surface area (Å²) in [6.07, 6.45) is 2.94. The summed E-state index contributed by atoms with van der Waals surface area (Å²) >= 11 is 0. The second kappa shape index (κ2) is 6.71. The number of carbonyl (C=O) groups is 1. The number of ketones is 1. The number of rotatable bonds is 5. The molecular weight excluding hydrogens is 238 g/mol. The SMILES string of the molecule is CCC(=O)c1ccc(N2CCC(COC)CC2)cc1. The van der Waals surface area contributed by atoms with Crippen molar-refractivity contribution in [3.8, 4) is 0 Å². The first-order valence-electron chi connectivity index (χ1n) is 7.11. The van der Waals surface area contributed by atoms with E-state index in [-0.39, 0.29) is 5.78 Å². The molecule has 3 nitrogen and oxygen atoms in total. The number of piperidine rings is 1. The van der Waals surface area contributed by atoms with E-state index in [1.165, 1.54) is 18.5 Å². The number of ether oxygens (including phenoxy) is 1. The molecule has 0 bridgehead atoms. The van der Waals surface area contributed by atoms with Crippen LogP contribution >= 0.6 is 0 Å². The average molecular weight is 261 g/mol. The number of benzene rings is 1. The van der Waals surface area contributed by atoms with E-state index >= 15 is 0 Å². The van der Waals surface area contributed by atoms with Gasteiger partial charge in [0, 0.05) is 44.5 Å². The predicted molar refractivity (Wildman–Crippen MR) is 77.9 cm³/mol.